The molecule has 0 aliphatic heterocycles. The van der Waals surface area contributed by atoms with Crippen LogP contribution in [0, 0.1) is 0 Å². The maximum Gasteiger partial charge on any atom is 0.223 e. The second-order valence-electron chi connectivity index (χ2n) is 5.64. The molecule has 4 rings (SSSR count). The summed E-state index contributed by atoms with van der Waals surface area (Å²) in [6, 6.07) is 8.14. The minimum absolute atomic E-state index is 0.634. The highest BCUT2D eigenvalue weighted by molar-refractivity contribution is 6.24. The van der Waals surface area contributed by atoms with E-state index in [4.69, 9.17) is 4.74 Å². The summed E-state index contributed by atoms with van der Waals surface area (Å²) in [4.78, 5) is 13.5. The van der Waals surface area contributed by atoms with Crippen molar-refractivity contribution in [2.45, 2.75) is 19.8 Å². The van der Waals surface area contributed by atoms with Crippen LogP contribution in [0.4, 0.5) is 5.82 Å². The SMILES string of the molecule is CCCCNc1nc(OC)c2ccc3ncnc4ccc1c2c43. The minimum Gasteiger partial charge on any atom is -0.480 e. The van der Waals surface area contributed by atoms with E-state index in [9.17, 15) is 0 Å². The highest BCUT2D eigenvalue weighted by Crippen LogP contribution is 2.39. The fourth-order valence-corrected chi connectivity index (χ4v) is 3.10. The summed E-state index contributed by atoms with van der Waals surface area (Å²) in [5.41, 5.74) is 1.89. The molecule has 0 saturated carbocycles. The van der Waals surface area contributed by atoms with Crippen molar-refractivity contribution >= 4 is 38.4 Å². The number of methoxy groups -OCH3 is 1. The van der Waals surface area contributed by atoms with Crippen LogP contribution in [0.2, 0.25) is 0 Å². The lowest BCUT2D eigenvalue weighted by molar-refractivity contribution is 0.404. The van der Waals surface area contributed by atoms with Crippen LogP contribution in [0.1, 0.15) is 19.8 Å². The molecule has 0 radical (unpaired) electrons. The highest BCUT2D eigenvalue weighted by Gasteiger charge is 2.16. The fraction of sp³-hybridized carbons (Fsp3) is 0.278. The van der Waals surface area contributed by atoms with E-state index in [0.29, 0.717) is 5.88 Å². The van der Waals surface area contributed by atoms with Crippen molar-refractivity contribution in [2.75, 3.05) is 19.0 Å². The fourth-order valence-electron chi connectivity index (χ4n) is 3.10. The van der Waals surface area contributed by atoms with Crippen LogP contribution in [-0.2, 0) is 0 Å². The van der Waals surface area contributed by atoms with Gasteiger partial charge in [-0.1, -0.05) is 13.3 Å². The second kappa shape index (κ2) is 5.50. The first kappa shape index (κ1) is 13.9. The summed E-state index contributed by atoms with van der Waals surface area (Å²) in [7, 11) is 1.66. The van der Waals surface area contributed by atoms with Crippen LogP contribution >= 0.6 is 0 Å². The molecule has 5 heteroatoms. The maximum absolute atomic E-state index is 5.53. The van der Waals surface area contributed by atoms with Crippen LogP contribution in [0.5, 0.6) is 5.88 Å². The van der Waals surface area contributed by atoms with Gasteiger partial charge in [-0.25, -0.2) is 9.97 Å². The summed E-state index contributed by atoms with van der Waals surface area (Å²) in [6.45, 7) is 3.07. The van der Waals surface area contributed by atoms with Crippen molar-refractivity contribution in [3.63, 3.8) is 0 Å². The topological polar surface area (TPSA) is 59.9 Å². The van der Waals surface area contributed by atoms with Crippen molar-refractivity contribution in [3.8, 4) is 5.88 Å². The van der Waals surface area contributed by atoms with Crippen molar-refractivity contribution in [3.05, 3.63) is 30.6 Å². The van der Waals surface area contributed by atoms with Crippen molar-refractivity contribution < 1.29 is 4.74 Å². The molecule has 0 amide bonds. The predicted octanol–water partition coefficient (Wildman–Crippen LogP) is 3.99. The van der Waals surface area contributed by atoms with Gasteiger partial charge in [0.05, 0.1) is 18.1 Å². The molecule has 1 N–H and O–H groups in total. The van der Waals surface area contributed by atoms with E-state index >= 15 is 0 Å². The number of hydrogen-bond donors (Lipinski definition) is 1. The lowest BCUT2D eigenvalue weighted by Crippen LogP contribution is -2.05. The quantitative estimate of drug-likeness (QED) is 0.446. The Morgan fingerprint density at radius 2 is 1.74 bits per heavy atom. The third kappa shape index (κ3) is 2.11. The number of rotatable bonds is 5. The Balaban J connectivity index is 2.07. The van der Waals surface area contributed by atoms with E-state index in [0.717, 1.165) is 57.8 Å². The molecule has 5 nitrogen and oxygen atoms in total. The molecule has 0 fully saturated rings. The lowest BCUT2D eigenvalue weighted by atomic mass is 10.00. The van der Waals surface area contributed by atoms with E-state index in [1.54, 1.807) is 13.4 Å². The third-order valence-electron chi connectivity index (χ3n) is 4.23. The molecule has 0 saturated heterocycles. The lowest BCUT2D eigenvalue weighted by Gasteiger charge is -2.15. The molecular formula is C18H18N4O. The highest BCUT2D eigenvalue weighted by atomic mass is 16.5. The number of ether oxygens (including phenoxy) is 1. The average Bonchev–Trinajstić information content (AvgIpc) is 2.60. The normalized spacial score (nSPS) is 11.6. The number of nitrogens with zero attached hydrogens (tertiary/aromatic N) is 3. The summed E-state index contributed by atoms with van der Waals surface area (Å²) in [5, 5.41) is 7.72. The number of aromatic nitrogens is 3. The molecule has 4 aromatic rings. The van der Waals surface area contributed by atoms with Gasteiger partial charge in [0, 0.05) is 28.1 Å². The number of nitrogens with one attached hydrogen (secondary N) is 1. The Kier molecular flexibility index (Phi) is 3.33. The van der Waals surface area contributed by atoms with Gasteiger partial charge in [-0.2, -0.15) is 4.98 Å². The Morgan fingerprint density at radius 3 is 2.43 bits per heavy atom. The van der Waals surface area contributed by atoms with Crippen molar-refractivity contribution in [2.24, 2.45) is 0 Å². The zero-order valence-electron chi connectivity index (χ0n) is 13.3. The van der Waals surface area contributed by atoms with Gasteiger partial charge in [0.25, 0.3) is 0 Å². The molecule has 0 bridgehead atoms. The molecular weight excluding hydrogens is 288 g/mol. The summed E-state index contributed by atoms with van der Waals surface area (Å²) >= 11 is 0. The van der Waals surface area contributed by atoms with Crippen LogP contribution < -0.4 is 10.1 Å². The second-order valence-corrected chi connectivity index (χ2v) is 5.64. The molecule has 0 aliphatic carbocycles. The Labute approximate surface area is 134 Å². The van der Waals surface area contributed by atoms with Gasteiger partial charge in [-0.05, 0) is 30.7 Å². The molecule has 116 valence electrons. The molecule has 0 unspecified atom stereocenters. The molecule has 0 spiro atoms. The smallest absolute Gasteiger partial charge is 0.223 e. The summed E-state index contributed by atoms with van der Waals surface area (Å²) in [5.74, 6) is 1.50. The first-order valence-electron chi connectivity index (χ1n) is 7.91. The molecule has 23 heavy (non-hydrogen) atoms. The number of unbranched alkanes of at least 4 members (excludes halogenated alkanes) is 1. The van der Waals surface area contributed by atoms with Gasteiger partial charge in [0.15, 0.2) is 0 Å². The third-order valence-corrected chi connectivity index (χ3v) is 4.23. The van der Waals surface area contributed by atoms with E-state index in [-0.39, 0.29) is 0 Å². The molecule has 2 aromatic carbocycles. The molecule has 2 aromatic heterocycles. The summed E-state index contributed by atoms with van der Waals surface area (Å²) in [6.07, 6.45) is 3.86. The minimum atomic E-state index is 0.634. The van der Waals surface area contributed by atoms with Crippen LogP contribution in [0.25, 0.3) is 32.6 Å². The van der Waals surface area contributed by atoms with Gasteiger partial charge in [-0.15, -0.1) is 0 Å². The number of pyridine rings is 1. The molecule has 2 heterocycles. The summed E-state index contributed by atoms with van der Waals surface area (Å²) < 4.78 is 5.53. The zero-order chi connectivity index (χ0) is 15.8. The van der Waals surface area contributed by atoms with Crippen molar-refractivity contribution in [1.82, 2.24) is 15.0 Å². The Bertz CT molecular complexity index is 967. The number of anilines is 1. The van der Waals surface area contributed by atoms with E-state index < -0.39 is 0 Å². The number of benzene rings is 2. The maximum atomic E-state index is 5.53. The Hall–Kier alpha value is -2.69. The largest absolute Gasteiger partial charge is 0.480 e. The van der Waals surface area contributed by atoms with E-state index in [1.165, 1.54) is 0 Å². The standard InChI is InChI=1S/C18H18N4O/c1-3-4-9-19-17-11-5-7-13-16-14(21-10-20-13)8-6-12(15(11)16)18(22-17)23-2/h5-8,10H,3-4,9H2,1-2H3,(H,19,22). The Morgan fingerprint density at radius 1 is 1.00 bits per heavy atom. The average molecular weight is 306 g/mol. The van der Waals surface area contributed by atoms with Crippen LogP contribution in [-0.4, -0.2) is 28.6 Å². The van der Waals surface area contributed by atoms with E-state index in [2.05, 4.69) is 33.3 Å². The van der Waals surface area contributed by atoms with Crippen molar-refractivity contribution in [1.29, 1.82) is 0 Å². The molecule has 0 atom stereocenters. The van der Waals surface area contributed by atoms with Crippen LogP contribution in [0.15, 0.2) is 30.6 Å². The zero-order valence-corrected chi connectivity index (χ0v) is 13.3. The van der Waals surface area contributed by atoms with Crippen LogP contribution in [0.3, 0.4) is 0 Å². The van der Waals surface area contributed by atoms with Gasteiger partial charge >= 0.3 is 0 Å². The van der Waals surface area contributed by atoms with Gasteiger partial charge in [0.2, 0.25) is 5.88 Å². The van der Waals surface area contributed by atoms with E-state index in [1.807, 2.05) is 18.2 Å². The first-order valence-corrected chi connectivity index (χ1v) is 7.91. The first-order chi connectivity index (χ1) is 11.3. The number of hydrogen-bond acceptors (Lipinski definition) is 5. The van der Waals surface area contributed by atoms with Gasteiger partial charge in [-0.3, -0.25) is 0 Å². The van der Waals surface area contributed by atoms with Gasteiger partial charge < -0.3 is 10.1 Å². The predicted molar refractivity (Wildman–Crippen MR) is 93.5 cm³/mol. The van der Waals surface area contributed by atoms with Gasteiger partial charge in [0.1, 0.15) is 12.1 Å². The molecule has 0 aliphatic rings. The monoisotopic (exact) mass is 306 g/mol.